The zero-order chi connectivity index (χ0) is 17.4. The summed E-state index contributed by atoms with van der Waals surface area (Å²) in [6.45, 7) is 3.93. The number of benzene rings is 1. The van der Waals surface area contributed by atoms with Crippen LogP contribution in [-0.2, 0) is 15.6 Å². The summed E-state index contributed by atoms with van der Waals surface area (Å²) in [5.41, 5.74) is 0. The smallest absolute Gasteiger partial charge is 0.222 e. The second-order valence-electron chi connectivity index (χ2n) is 5.78. The van der Waals surface area contributed by atoms with Gasteiger partial charge < -0.3 is 15.5 Å². The maximum Gasteiger partial charge on any atom is 0.222 e. The molecule has 2 unspecified atom stereocenters. The van der Waals surface area contributed by atoms with E-state index in [2.05, 4.69) is 15.6 Å². The lowest BCUT2D eigenvalue weighted by Gasteiger charge is -2.31. The molecule has 132 valence electrons. The van der Waals surface area contributed by atoms with Gasteiger partial charge in [-0.2, -0.15) is 0 Å². The average molecular weight is 350 g/mol. The summed E-state index contributed by atoms with van der Waals surface area (Å²) in [5.74, 6) is 1.40. The zero-order valence-corrected chi connectivity index (χ0v) is 15.1. The Kier molecular flexibility index (Phi) is 7.24. The van der Waals surface area contributed by atoms with Gasteiger partial charge in [-0.3, -0.25) is 14.0 Å². The van der Waals surface area contributed by atoms with Crippen LogP contribution in [0.15, 0.2) is 40.2 Å². The molecular weight excluding hydrogens is 324 g/mol. The Hall–Kier alpha value is -1.89. The topological polar surface area (TPSA) is 73.8 Å². The van der Waals surface area contributed by atoms with E-state index in [1.54, 1.807) is 4.90 Å². The Balaban J connectivity index is 1.86. The molecule has 1 aliphatic rings. The Bertz CT molecular complexity index is 592. The number of aliphatic imine (C=N–C) groups is 1. The van der Waals surface area contributed by atoms with Crippen LogP contribution in [0, 0.1) is 0 Å². The van der Waals surface area contributed by atoms with E-state index < -0.39 is 10.8 Å². The lowest BCUT2D eigenvalue weighted by molar-refractivity contribution is -0.132. The number of amides is 1. The Labute approximate surface area is 146 Å². The highest BCUT2D eigenvalue weighted by molar-refractivity contribution is 7.85. The maximum absolute atomic E-state index is 12.2. The van der Waals surface area contributed by atoms with Gasteiger partial charge in [0.15, 0.2) is 5.96 Å². The molecule has 6 nitrogen and oxygen atoms in total. The minimum Gasteiger partial charge on any atom is -0.357 e. The second kappa shape index (κ2) is 9.42. The molecule has 0 spiro atoms. The van der Waals surface area contributed by atoms with Gasteiger partial charge in [0.25, 0.3) is 0 Å². The van der Waals surface area contributed by atoms with Crippen molar-refractivity contribution in [2.45, 2.75) is 30.7 Å². The van der Waals surface area contributed by atoms with Gasteiger partial charge >= 0.3 is 0 Å². The molecule has 1 aromatic rings. The van der Waals surface area contributed by atoms with Crippen LogP contribution in [0.5, 0.6) is 0 Å². The van der Waals surface area contributed by atoms with Gasteiger partial charge in [-0.1, -0.05) is 18.2 Å². The van der Waals surface area contributed by atoms with Crippen LogP contribution >= 0.6 is 0 Å². The minimum absolute atomic E-state index is 0.188. The number of nitrogens with zero attached hydrogens (tertiary/aromatic N) is 2. The van der Waals surface area contributed by atoms with E-state index in [0.29, 0.717) is 25.3 Å². The van der Waals surface area contributed by atoms with Gasteiger partial charge in [-0.15, -0.1) is 0 Å². The highest BCUT2D eigenvalue weighted by Crippen LogP contribution is 2.09. The van der Waals surface area contributed by atoms with E-state index in [9.17, 15) is 9.00 Å². The molecule has 1 fully saturated rings. The molecule has 2 atom stereocenters. The third-order valence-corrected chi connectivity index (χ3v) is 5.22. The highest BCUT2D eigenvalue weighted by Gasteiger charge is 2.23. The third kappa shape index (κ3) is 5.63. The summed E-state index contributed by atoms with van der Waals surface area (Å²) in [4.78, 5) is 18.6. The largest absolute Gasteiger partial charge is 0.357 e. The fourth-order valence-corrected chi connectivity index (χ4v) is 3.53. The molecule has 24 heavy (non-hydrogen) atoms. The van der Waals surface area contributed by atoms with Crippen LogP contribution < -0.4 is 10.6 Å². The van der Waals surface area contributed by atoms with Crippen molar-refractivity contribution in [1.82, 2.24) is 15.5 Å². The zero-order valence-electron chi connectivity index (χ0n) is 14.3. The second-order valence-corrected chi connectivity index (χ2v) is 7.35. The molecule has 2 N–H and O–H groups in total. The highest BCUT2D eigenvalue weighted by atomic mass is 32.2. The van der Waals surface area contributed by atoms with Crippen molar-refractivity contribution < 1.29 is 9.00 Å². The Morgan fingerprint density at radius 2 is 2.12 bits per heavy atom. The van der Waals surface area contributed by atoms with E-state index in [4.69, 9.17) is 0 Å². The number of likely N-dealkylation sites (tertiary alicyclic amines) is 1. The molecular formula is C17H26N4O2S. The van der Waals surface area contributed by atoms with E-state index in [1.165, 1.54) is 0 Å². The molecule has 0 aromatic heterocycles. The van der Waals surface area contributed by atoms with Gasteiger partial charge in [-0.05, 0) is 25.5 Å². The number of hydrogen-bond donors (Lipinski definition) is 2. The molecule has 1 aromatic carbocycles. The van der Waals surface area contributed by atoms with Crippen LogP contribution in [0.2, 0.25) is 0 Å². The van der Waals surface area contributed by atoms with Crippen molar-refractivity contribution in [3.63, 3.8) is 0 Å². The predicted octanol–water partition coefficient (Wildman–Crippen LogP) is 0.970. The number of guanidine groups is 1. The van der Waals surface area contributed by atoms with Crippen molar-refractivity contribution in [2.24, 2.45) is 4.99 Å². The molecule has 1 aliphatic heterocycles. The molecule has 0 bridgehead atoms. The number of piperidine rings is 1. The predicted molar refractivity (Wildman–Crippen MR) is 97.5 cm³/mol. The quantitative estimate of drug-likeness (QED) is 0.592. The number of carbonyl (C=O) groups excluding carboxylic acids is 1. The van der Waals surface area contributed by atoms with Gasteiger partial charge in [0.1, 0.15) is 0 Å². The molecule has 1 heterocycles. The number of nitrogens with one attached hydrogen (secondary N) is 2. The van der Waals surface area contributed by atoms with Crippen LogP contribution in [0.3, 0.4) is 0 Å². The first-order valence-electron chi connectivity index (χ1n) is 8.32. The SMILES string of the molecule is CCNC(=NCCS(=O)c1ccccc1)NC1CCC(=O)N(C)C1. The lowest BCUT2D eigenvalue weighted by atomic mass is 10.1. The van der Waals surface area contributed by atoms with Gasteiger partial charge in [-0.25, -0.2) is 0 Å². The van der Waals surface area contributed by atoms with Gasteiger partial charge in [0.2, 0.25) is 5.91 Å². The van der Waals surface area contributed by atoms with Crippen molar-refractivity contribution >= 4 is 22.7 Å². The van der Waals surface area contributed by atoms with E-state index in [0.717, 1.165) is 23.8 Å². The van der Waals surface area contributed by atoms with Crippen molar-refractivity contribution in [1.29, 1.82) is 0 Å². The lowest BCUT2D eigenvalue weighted by Crippen LogP contribution is -2.51. The first kappa shape index (κ1) is 18.4. The fourth-order valence-electron chi connectivity index (χ4n) is 2.57. The molecule has 0 saturated carbocycles. The molecule has 2 rings (SSSR count). The normalized spacial score (nSPS) is 19.9. The van der Waals surface area contributed by atoms with Crippen LogP contribution in [-0.4, -0.2) is 59.5 Å². The van der Waals surface area contributed by atoms with Crippen LogP contribution in [0.25, 0.3) is 0 Å². The molecule has 0 radical (unpaired) electrons. The summed E-state index contributed by atoms with van der Waals surface area (Å²) >= 11 is 0. The monoisotopic (exact) mass is 350 g/mol. The Morgan fingerprint density at radius 1 is 1.38 bits per heavy atom. The van der Waals surface area contributed by atoms with Crippen molar-refractivity contribution in [3.05, 3.63) is 30.3 Å². The van der Waals surface area contributed by atoms with E-state index in [1.807, 2.05) is 44.3 Å². The van der Waals surface area contributed by atoms with Crippen molar-refractivity contribution in [3.8, 4) is 0 Å². The van der Waals surface area contributed by atoms with Crippen LogP contribution in [0.1, 0.15) is 19.8 Å². The molecule has 7 heteroatoms. The number of carbonyl (C=O) groups is 1. The number of likely N-dealkylation sites (N-methyl/N-ethyl adjacent to an activating group) is 1. The maximum atomic E-state index is 12.2. The first-order chi connectivity index (χ1) is 11.6. The van der Waals surface area contributed by atoms with Crippen molar-refractivity contribution in [2.75, 3.05) is 32.4 Å². The van der Waals surface area contributed by atoms with Gasteiger partial charge in [0, 0.05) is 43.2 Å². The molecule has 0 aliphatic carbocycles. The Morgan fingerprint density at radius 3 is 2.79 bits per heavy atom. The summed E-state index contributed by atoms with van der Waals surface area (Å²) in [5, 5.41) is 6.57. The van der Waals surface area contributed by atoms with Gasteiger partial charge in [0.05, 0.1) is 17.3 Å². The molecule has 1 saturated heterocycles. The molecule has 1 amide bonds. The fraction of sp³-hybridized carbons (Fsp3) is 0.529. The van der Waals surface area contributed by atoms with E-state index >= 15 is 0 Å². The summed E-state index contributed by atoms with van der Waals surface area (Å²) in [7, 11) is 0.786. The number of hydrogen-bond acceptors (Lipinski definition) is 3. The standard InChI is InChI=1S/C17H26N4O2S/c1-3-18-17(20-14-9-10-16(22)21(2)13-14)19-11-12-24(23)15-7-5-4-6-8-15/h4-8,14H,3,9-13H2,1-2H3,(H2,18,19,20). The average Bonchev–Trinajstić information content (AvgIpc) is 2.59. The van der Waals surface area contributed by atoms with Crippen LogP contribution in [0.4, 0.5) is 0 Å². The third-order valence-electron chi connectivity index (χ3n) is 3.86. The summed E-state index contributed by atoms with van der Waals surface area (Å²) < 4.78 is 12.2. The minimum atomic E-state index is -1.04. The van der Waals surface area contributed by atoms with E-state index in [-0.39, 0.29) is 11.9 Å². The first-order valence-corrected chi connectivity index (χ1v) is 9.64. The summed E-state index contributed by atoms with van der Waals surface area (Å²) in [6.07, 6.45) is 1.37. The summed E-state index contributed by atoms with van der Waals surface area (Å²) in [6, 6.07) is 9.64. The number of rotatable bonds is 6.